The number of benzene rings is 1. The standard InChI is InChI=1S/C12H6Cl4N2/c13-8-4-5-18-9-3-1-2-7(12(14,15)16)11(9)17-6-10(8)18/h1-6H. The summed E-state index contributed by atoms with van der Waals surface area (Å²) >= 11 is 23.9. The third-order valence-corrected chi connectivity index (χ3v) is 3.70. The van der Waals surface area contributed by atoms with Gasteiger partial charge in [0, 0.05) is 11.8 Å². The summed E-state index contributed by atoms with van der Waals surface area (Å²) in [5.74, 6) is 0. The van der Waals surface area contributed by atoms with Gasteiger partial charge in [0.05, 0.1) is 27.8 Å². The lowest BCUT2D eigenvalue weighted by Gasteiger charge is -2.14. The first-order valence-corrected chi connectivity index (χ1v) is 6.61. The van der Waals surface area contributed by atoms with E-state index in [1.165, 1.54) is 0 Å². The average molecular weight is 320 g/mol. The number of halogens is 4. The zero-order valence-corrected chi connectivity index (χ0v) is 11.9. The highest BCUT2D eigenvalue weighted by atomic mass is 35.6. The largest absolute Gasteiger partial charge is 0.312 e. The SMILES string of the molecule is Clc1ccn2c1cnc1c(C(Cl)(Cl)Cl)cccc12. The molecule has 2 heterocycles. The minimum absolute atomic E-state index is 0.553. The lowest BCUT2D eigenvalue weighted by Crippen LogP contribution is -2.03. The van der Waals surface area contributed by atoms with Crippen molar-refractivity contribution in [2.75, 3.05) is 0 Å². The molecule has 92 valence electrons. The molecule has 18 heavy (non-hydrogen) atoms. The fraction of sp³-hybridized carbons (Fsp3) is 0.0833. The molecule has 0 unspecified atom stereocenters. The molecule has 0 saturated carbocycles. The van der Waals surface area contributed by atoms with E-state index in [4.69, 9.17) is 46.4 Å². The number of hydrogen-bond acceptors (Lipinski definition) is 1. The molecule has 2 nitrogen and oxygen atoms in total. The van der Waals surface area contributed by atoms with Crippen molar-refractivity contribution in [3.63, 3.8) is 0 Å². The fourth-order valence-corrected chi connectivity index (χ4v) is 2.62. The van der Waals surface area contributed by atoms with Crippen LogP contribution in [-0.2, 0) is 3.79 Å². The molecule has 0 aliphatic rings. The summed E-state index contributed by atoms with van der Waals surface area (Å²) in [6.07, 6.45) is 3.54. The van der Waals surface area contributed by atoms with Crippen LogP contribution in [0.3, 0.4) is 0 Å². The fourth-order valence-electron chi connectivity index (χ4n) is 1.97. The second-order valence-corrected chi connectivity index (χ2v) is 6.54. The van der Waals surface area contributed by atoms with Crippen LogP contribution in [-0.4, -0.2) is 9.38 Å². The van der Waals surface area contributed by atoms with Gasteiger partial charge in [-0.05, 0) is 12.1 Å². The minimum Gasteiger partial charge on any atom is -0.312 e. The number of fused-ring (bicyclic) bond motifs is 3. The van der Waals surface area contributed by atoms with Crippen molar-refractivity contribution in [3.05, 3.63) is 47.2 Å². The Balaban J connectivity index is 2.47. The molecule has 3 aromatic rings. The van der Waals surface area contributed by atoms with Gasteiger partial charge in [-0.3, -0.25) is 4.98 Å². The molecule has 0 saturated heterocycles. The Morgan fingerprint density at radius 1 is 1.06 bits per heavy atom. The molecule has 0 spiro atoms. The third kappa shape index (κ3) is 1.84. The van der Waals surface area contributed by atoms with E-state index in [1.54, 1.807) is 18.3 Å². The molecule has 1 aromatic carbocycles. The quantitative estimate of drug-likeness (QED) is 0.535. The second-order valence-electron chi connectivity index (χ2n) is 3.85. The number of aromatic nitrogens is 2. The van der Waals surface area contributed by atoms with Gasteiger partial charge in [0.15, 0.2) is 0 Å². The van der Waals surface area contributed by atoms with Crippen molar-refractivity contribution in [2.24, 2.45) is 0 Å². The van der Waals surface area contributed by atoms with Crippen LogP contribution in [0.1, 0.15) is 5.56 Å². The topological polar surface area (TPSA) is 17.3 Å². The Morgan fingerprint density at radius 2 is 1.83 bits per heavy atom. The minimum atomic E-state index is -1.50. The zero-order chi connectivity index (χ0) is 12.9. The van der Waals surface area contributed by atoms with E-state index in [0.717, 1.165) is 11.0 Å². The lowest BCUT2D eigenvalue weighted by molar-refractivity contribution is 1.18. The molecule has 0 amide bonds. The van der Waals surface area contributed by atoms with Gasteiger partial charge in [0.1, 0.15) is 0 Å². The first-order chi connectivity index (χ1) is 8.48. The molecule has 0 aliphatic heterocycles. The third-order valence-electron chi connectivity index (χ3n) is 2.77. The van der Waals surface area contributed by atoms with Crippen molar-refractivity contribution in [3.8, 4) is 0 Å². The molecular weight excluding hydrogens is 314 g/mol. The van der Waals surface area contributed by atoms with Gasteiger partial charge >= 0.3 is 0 Å². The molecule has 0 fully saturated rings. The Kier molecular flexibility index (Phi) is 2.87. The molecule has 0 bridgehead atoms. The van der Waals surface area contributed by atoms with Crippen LogP contribution in [0.4, 0.5) is 0 Å². The highest BCUT2D eigenvalue weighted by Gasteiger charge is 2.26. The van der Waals surface area contributed by atoms with E-state index in [0.29, 0.717) is 16.1 Å². The number of para-hydroxylation sites is 1. The predicted octanol–water partition coefficient (Wildman–Crippen LogP) is 4.97. The lowest BCUT2D eigenvalue weighted by atomic mass is 10.2. The first-order valence-electron chi connectivity index (χ1n) is 5.10. The maximum atomic E-state index is 6.06. The Labute approximate surface area is 123 Å². The van der Waals surface area contributed by atoms with Crippen molar-refractivity contribution in [1.82, 2.24) is 9.38 Å². The van der Waals surface area contributed by atoms with Crippen LogP contribution in [0.25, 0.3) is 16.6 Å². The van der Waals surface area contributed by atoms with E-state index < -0.39 is 3.79 Å². The molecule has 0 aliphatic carbocycles. The van der Waals surface area contributed by atoms with E-state index in [-0.39, 0.29) is 0 Å². The van der Waals surface area contributed by atoms with Crippen LogP contribution in [0.5, 0.6) is 0 Å². The molecule has 0 atom stereocenters. The normalized spacial score (nSPS) is 12.4. The van der Waals surface area contributed by atoms with Gasteiger partial charge in [-0.15, -0.1) is 0 Å². The van der Waals surface area contributed by atoms with E-state index in [9.17, 15) is 0 Å². The molecule has 6 heteroatoms. The van der Waals surface area contributed by atoms with Crippen LogP contribution < -0.4 is 0 Å². The first kappa shape index (κ1) is 12.4. The summed E-state index contributed by atoms with van der Waals surface area (Å²) in [5.41, 5.74) is 2.88. The number of alkyl halides is 3. The Morgan fingerprint density at radius 3 is 2.56 bits per heavy atom. The summed E-state index contributed by atoms with van der Waals surface area (Å²) in [6.45, 7) is 0. The van der Waals surface area contributed by atoms with Gasteiger partial charge in [0.25, 0.3) is 0 Å². The second kappa shape index (κ2) is 4.17. The molecule has 0 N–H and O–H groups in total. The predicted molar refractivity (Wildman–Crippen MR) is 76.9 cm³/mol. The van der Waals surface area contributed by atoms with Crippen molar-refractivity contribution in [1.29, 1.82) is 0 Å². The van der Waals surface area contributed by atoms with E-state index in [1.807, 2.05) is 22.7 Å². The van der Waals surface area contributed by atoms with Crippen molar-refractivity contribution < 1.29 is 0 Å². The monoisotopic (exact) mass is 318 g/mol. The van der Waals surface area contributed by atoms with Gasteiger partial charge in [0.2, 0.25) is 3.79 Å². The van der Waals surface area contributed by atoms with Crippen molar-refractivity contribution in [2.45, 2.75) is 3.79 Å². The summed E-state index contributed by atoms with van der Waals surface area (Å²) in [7, 11) is 0. The summed E-state index contributed by atoms with van der Waals surface area (Å²) < 4.78 is 0.418. The Bertz CT molecular complexity index is 743. The summed E-state index contributed by atoms with van der Waals surface area (Å²) in [6, 6.07) is 7.29. The molecule has 0 radical (unpaired) electrons. The van der Waals surface area contributed by atoms with E-state index in [2.05, 4.69) is 4.98 Å². The average Bonchev–Trinajstić information content (AvgIpc) is 2.69. The number of rotatable bonds is 0. The smallest absolute Gasteiger partial charge is 0.218 e. The van der Waals surface area contributed by atoms with Gasteiger partial charge in [-0.25, -0.2) is 0 Å². The molecule has 2 aromatic heterocycles. The Hall–Kier alpha value is -0.670. The highest BCUT2D eigenvalue weighted by Crippen LogP contribution is 2.41. The number of nitrogens with zero attached hydrogens (tertiary/aromatic N) is 2. The van der Waals surface area contributed by atoms with Gasteiger partial charge in [-0.1, -0.05) is 58.5 Å². The maximum absolute atomic E-state index is 6.06. The summed E-state index contributed by atoms with van der Waals surface area (Å²) in [5, 5.41) is 0.642. The van der Waals surface area contributed by atoms with Crippen molar-refractivity contribution >= 4 is 63.0 Å². The number of hydrogen-bond donors (Lipinski definition) is 0. The van der Waals surface area contributed by atoms with Gasteiger partial charge in [-0.2, -0.15) is 0 Å². The summed E-state index contributed by atoms with van der Waals surface area (Å²) in [4.78, 5) is 4.35. The molecule has 3 rings (SSSR count). The van der Waals surface area contributed by atoms with Crippen LogP contribution in [0.15, 0.2) is 36.7 Å². The van der Waals surface area contributed by atoms with Crippen LogP contribution >= 0.6 is 46.4 Å². The van der Waals surface area contributed by atoms with Gasteiger partial charge < -0.3 is 4.40 Å². The van der Waals surface area contributed by atoms with Crippen LogP contribution in [0.2, 0.25) is 5.02 Å². The zero-order valence-electron chi connectivity index (χ0n) is 8.87. The highest BCUT2D eigenvalue weighted by molar-refractivity contribution is 6.67. The molecular formula is C12H6Cl4N2. The van der Waals surface area contributed by atoms with Crippen LogP contribution in [0, 0.1) is 0 Å². The van der Waals surface area contributed by atoms with E-state index >= 15 is 0 Å². The maximum Gasteiger partial charge on any atom is 0.218 e.